The second-order valence-corrected chi connectivity index (χ2v) is 7.46. The van der Waals surface area contributed by atoms with Gasteiger partial charge in [0.15, 0.2) is 10.4 Å². The highest BCUT2D eigenvalue weighted by Gasteiger charge is 2.27. The van der Waals surface area contributed by atoms with E-state index in [0.717, 1.165) is 0 Å². The maximum absolute atomic E-state index is 11.5. The summed E-state index contributed by atoms with van der Waals surface area (Å²) < 4.78 is 30.6. The van der Waals surface area contributed by atoms with Gasteiger partial charge in [0.25, 0.3) is 0 Å². The van der Waals surface area contributed by atoms with E-state index < -0.39 is 9.84 Å². The quantitative estimate of drug-likeness (QED) is 0.839. The monoisotopic (exact) mass is 314 g/mol. The molecule has 0 aliphatic carbocycles. The summed E-state index contributed by atoms with van der Waals surface area (Å²) in [5.41, 5.74) is 1.31. The lowest BCUT2D eigenvalue weighted by Crippen LogP contribution is -2.25. The second-order valence-electron chi connectivity index (χ2n) is 4.76. The van der Waals surface area contributed by atoms with Gasteiger partial charge in [0, 0.05) is 6.04 Å². The van der Waals surface area contributed by atoms with Crippen LogP contribution < -0.4 is 4.74 Å². The van der Waals surface area contributed by atoms with Crippen molar-refractivity contribution in [1.82, 2.24) is 19.5 Å². The molecule has 0 atom stereocenters. The Morgan fingerprint density at radius 1 is 1.40 bits per heavy atom. The van der Waals surface area contributed by atoms with Crippen molar-refractivity contribution in [1.29, 1.82) is 0 Å². The fourth-order valence-corrected chi connectivity index (χ4v) is 4.35. The van der Waals surface area contributed by atoms with E-state index in [0.29, 0.717) is 34.7 Å². The predicted molar refractivity (Wildman–Crippen MR) is 76.2 cm³/mol. The van der Waals surface area contributed by atoms with Crippen LogP contribution >= 0.6 is 12.2 Å². The first-order chi connectivity index (χ1) is 9.52. The molecular formula is C11H14N4O3S2. The Morgan fingerprint density at radius 2 is 2.10 bits per heavy atom. The number of aromatic amines is 1. The number of sulfone groups is 1. The van der Waals surface area contributed by atoms with E-state index in [1.54, 1.807) is 0 Å². The summed E-state index contributed by atoms with van der Waals surface area (Å²) in [6.07, 6.45) is 2.52. The molecule has 0 spiro atoms. The lowest BCUT2D eigenvalue weighted by molar-refractivity contribution is 0.401. The number of nitrogens with one attached hydrogen (secondary N) is 1. The molecule has 2 aromatic heterocycles. The number of hydrogen-bond donors (Lipinski definition) is 1. The molecule has 0 unspecified atom stereocenters. The first-order valence-electron chi connectivity index (χ1n) is 6.21. The number of imidazole rings is 1. The molecule has 1 N–H and O–H groups in total. The predicted octanol–water partition coefficient (Wildman–Crippen LogP) is 1.25. The molecule has 1 saturated heterocycles. The van der Waals surface area contributed by atoms with Gasteiger partial charge in [-0.3, -0.25) is 4.57 Å². The fourth-order valence-electron chi connectivity index (χ4n) is 2.55. The molecule has 2 aromatic rings. The Labute approximate surface area is 120 Å². The zero-order valence-electron chi connectivity index (χ0n) is 10.9. The minimum absolute atomic E-state index is 0.0411. The van der Waals surface area contributed by atoms with Gasteiger partial charge in [-0.05, 0) is 25.1 Å². The zero-order valence-corrected chi connectivity index (χ0v) is 12.5. The number of ether oxygens (including phenoxy) is 1. The molecule has 0 amide bonds. The van der Waals surface area contributed by atoms with Crippen LogP contribution in [0.1, 0.15) is 18.9 Å². The Balaban J connectivity index is 2.09. The van der Waals surface area contributed by atoms with Crippen molar-refractivity contribution in [2.24, 2.45) is 0 Å². The Bertz CT molecular complexity index is 795. The van der Waals surface area contributed by atoms with Gasteiger partial charge >= 0.3 is 0 Å². The topological polar surface area (TPSA) is 89.9 Å². The Morgan fingerprint density at radius 3 is 2.75 bits per heavy atom. The van der Waals surface area contributed by atoms with Crippen molar-refractivity contribution in [3.8, 4) is 5.88 Å². The zero-order chi connectivity index (χ0) is 14.3. The Kier molecular flexibility index (Phi) is 3.25. The van der Waals surface area contributed by atoms with Gasteiger partial charge in [-0.15, -0.1) is 0 Å². The third kappa shape index (κ3) is 2.20. The van der Waals surface area contributed by atoms with Crippen LogP contribution in [0, 0.1) is 4.77 Å². The van der Waals surface area contributed by atoms with Crippen LogP contribution in [-0.2, 0) is 9.84 Å². The summed E-state index contributed by atoms with van der Waals surface area (Å²) in [4.78, 5) is 11.3. The summed E-state index contributed by atoms with van der Waals surface area (Å²) in [7, 11) is -1.37. The first kappa shape index (κ1) is 13.5. The van der Waals surface area contributed by atoms with E-state index in [9.17, 15) is 8.42 Å². The van der Waals surface area contributed by atoms with Gasteiger partial charge in [-0.1, -0.05) is 0 Å². The van der Waals surface area contributed by atoms with Crippen LogP contribution in [0.2, 0.25) is 0 Å². The summed E-state index contributed by atoms with van der Waals surface area (Å²) in [6, 6.07) is 0.0411. The largest absolute Gasteiger partial charge is 0.479 e. The van der Waals surface area contributed by atoms with Gasteiger partial charge < -0.3 is 9.72 Å². The van der Waals surface area contributed by atoms with Crippen LogP contribution in [0.15, 0.2) is 6.33 Å². The highest BCUT2D eigenvalue weighted by Crippen LogP contribution is 2.29. The van der Waals surface area contributed by atoms with Crippen LogP contribution in [-0.4, -0.2) is 46.6 Å². The van der Waals surface area contributed by atoms with Gasteiger partial charge in [-0.2, -0.15) is 4.98 Å². The number of fused-ring (bicyclic) bond motifs is 1. The van der Waals surface area contributed by atoms with Gasteiger partial charge in [0.1, 0.15) is 21.7 Å². The average molecular weight is 314 g/mol. The molecule has 0 saturated carbocycles. The van der Waals surface area contributed by atoms with Crippen molar-refractivity contribution in [3.05, 3.63) is 11.1 Å². The molecule has 20 heavy (non-hydrogen) atoms. The summed E-state index contributed by atoms with van der Waals surface area (Å²) >= 11 is 5.33. The molecule has 0 aromatic carbocycles. The minimum Gasteiger partial charge on any atom is -0.479 e. The molecule has 1 aliphatic heterocycles. The third-order valence-electron chi connectivity index (χ3n) is 3.55. The highest BCUT2D eigenvalue weighted by molar-refractivity contribution is 7.91. The number of aromatic nitrogens is 4. The van der Waals surface area contributed by atoms with Gasteiger partial charge in [0.2, 0.25) is 5.88 Å². The fraction of sp³-hybridized carbons (Fsp3) is 0.545. The molecule has 7 nitrogen and oxygen atoms in total. The van der Waals surface area contributed by atoms with E-state index in [2.05, 4.69) is 15.0 Å². The van der Waals surface area contributed by atoms with Crippen molar-refractivity contribution >= 4 is 33.2 Å². The molecule has 1 aliphatic rings. The second kappa shape index (κ2) is 4.81. The van der Waals surface area contributed by atoms with Crippen LogP contribution in [0.25, 0.3) is 11.2 Å². The van der Waals surface area contributed by atoms with Crippen molar-refractivity contribution < 1.29 is 13.2 Å². The molecule has 1 fully saturated rings. The van der Waals surface area contributed by atoms with E-state index in [-0.39, 0.29) is 17.5 Å². The van der Waals surface area contributed by atoms with Gasteiger partial charge in [-0.25, -0.2) is 13.4 Å². The van der Waals surface area contributed by atoms with E-state index in [1.165, 1.54) is 13.4 Å². The number of nitrogens with zero attached hydrogens (tertiary/aromatic N) is 3. The number of methoxy groups -OCH3 is 1. The van der Waals surface area contributed by atoms with Crippen molar-refractivity contribution in [2.45, 2.75) is 18.9 Å². The van der Waals surface area contributed by atoms with E-state index in [4.69, 9.17) is 17.0 Å². The average Bonchev–Trinajstić information content (AvgIpc) is 2.75. The Hall–Kier alpha value is -1.48. The maximum atomic E-state index is 11.5. The SMILES string of the molecule is COc1ncnc2c1[nH]c(=S)n2C1CCS(=O)(=O)CC1. The maximum Gasteiger partial charge on any atom is 0.242 e. The van der Waals surface area contributed by atoms with E-state index in [1.807, 2.05) is 4.57 Å². The highest BCUT2D eigenvalue weighted by atomic mass is 32.2. The molecule has 108 valence electrons. The molecule has 3 heterocycles. The van der Waals surface area contributed by atoms with Crippen LogP contribution in [0.4, 0.5) is 0 Å². The number of rotatable bonds is 2. The summed E-state index contributed by atoms with van der Waals surface area (Å²) in [5, 5.41) is 0. The minimum atomic E-state index is -2.90. The molecular weight excluding hydrogens is 300 g/mol. The van der Waals surface area contributed by atoms with Gasteiger partial charge in [0.05, 0.1) is 18.6 Å². The molecule has 9 heteroatoms. The summed E-state index contributed by atoms with van der Waals surface area (Å²) in [5.74, 6) is 0.811. The molecule has 0 radical (unpaired) electrons. The third-order valence-corrected chi connectivity index (χ3v) is 5.57. The smallest absolute Gasteiger partial charge is 0.242 e. The summed E-state index contributed by atoms with van der Waals surface area (Å²) in [6.45, 7) is 0. The molecule has 3 rings (SSSR count). The lowest BCUT2D eigenvalue weighted by Gasteiger charge is -2.23. The first-order valence-corrected chi connectivity index (χ1v) is 8.44. The number of hydrogen-bond acceptors (Lipinski definition) is 6. The normalized spacial score (nSPS) is 19.2. The number of H-pyrrole nitrogens is 1. The van der Waals surface area contributed by atoms with Crippen molar-refractivity contribution in [3.63, 3.8) is 0 Å². The lowest BCUT2D eigenvalue weighted by atomic mass is 10.1. The van der Waals surface area contributed by atoms with Crippen LogP contribution in [0.3, 0.4) is 0 Å². The van der Waals surface area contributed by atoms with Crippen LogP contribution in [0.5, 0.6) is 5.88 Å². The molecule has 0 bridgehead atoms. The van der Waals surface area contributed by atoms with E-state index >= 15 is 0 Å². The van der Waals surface area contributed by atoms with Crippen molar-refractivity contribution in [2.75, 3.05) is 18.6 Å². The standard InChI is InChI=1S/C11H14N4O3S2/c1-18-10-8-9(12-6-13-10)15(11(19)14-8)7-2-4-20(16,17)5-3-7/h6-7H,2-5H2,1H3,(H,14,19).